The Morgan fingerprint density at radius 2 is 1.76 bits per heavy atom. The van der Waals surface area contributed by atoms with Crippen molar-refractivity contribution in [3.63, 3.8) is 0 Å². The number of hydrogen-bond donors (Lipinski definition) is 2. The maximum atomic E-state index is 14.1. The van der Waals surface area contributed by atoms with Crippen LogP contribution >= 0.6 is 0 Å². The lowest BCUT2D eigenvalue weighted by Crippen LogP contribution is -2.51. The number of allylic oxidation sites excluding steroid dienone is 1. The van der Waals surface area contributed by atoms with Crippen LogP contribution in [0.2, 0.25) is 0 Å². The quantitative estimate of drug-likeness (QED) is 0.171. The van der Waals surface area contributed by atoms with E-state index >= 15 is 0 Å². The zero-order valence-electron chi connectivity index (χ0n) is 25.3. The van der Waals surface area contributed by atoms with E-state index in [0.717, 1.165) is 18.4 Å². The predicted molar refractivity (Wildman–Crippen MR) is 165 cm³/mol. The van der Waals surface area contributed by atoms with Crippen LogP contribution in [0.5, 0.6) is 11.5 Å². The maximum absolute atomic E-state index is 14.1. The summed E-state index contributed by atoms with van der Waals surface area (Å²) in [5, 5.41) is 14.2. The van der Waals surface area contributed by atoms with Crippen LogP contribution in [0.15, 0.2) is 78.7 Å². The third-order valence-corrected chi connectivity index (χ3v) is 8.17. The van der Waals surface area contributed by atoms with Crippen LogP contribution in [-0.2, 0) is 21.2 Å². The number of aliphatic hydroxyl groups excluding tert-OH is 1. The Morgan fingerprint density at radius 1 is 1.07 bits per heavy atom. The lowest BCUT2D eigenvalue weighted by atomic mass is 10.0. The average molecular weight is 603 g/mol. The normalized spacial score (nSPS) is 13.2. The number of nitrogens with zero attached hydrogens (tertiary/aromatic N) is 1. The van der Waals surface area contributed by atoms with E-state index in [-0.39, 0.29) is 36.8 Å². The van der Waals surface area contributed by atoms with Gasteiger partial charge in [-0.1, -0.05) is 42.5 Å². The fourth-order valence-corrected chi connectivity index (χ4v) is 5.77. The van der Waals surface area contributed by atoms with Crippen LogP contribution < -0.4 is 14.8 Å². The minimum absolute atomic E-state index is 0.0389. The molecule has 0 aromatic heterocycles. The van der Waals surface area contributed by atoms with Gasteiger partial charge in [-0.25, -0.2) is 13.2 Å². The first-order chi connectivity index (χ1) is 19.9. The minimum Gasteiger partial charge on any atom is -0.497 e. The molecule has 2 rings (SSSR count). The summed E-state index contributed by atoms with van der Waals surface area (Å²) >= 11 is 0. The molecule has 2 aromatic carbocycles. The Balaban J connectivity index is 2.43. The molecule has 232 valence electrons. The lowest BCUT2D eigenvalue weighted by Gasteiger charge is -2.31. The SMILES string of the molecule is C=CCCCCN(C[C@@H](O)[C@H](Cc1ccccc1)NC(=O)OC(C)(C)C)S(=O)(=O)c1ccc(OC)cc1OCCC=C. The Labute approximate surface area is 251 Å². The molecular weight excluding hydrogens is 556 g/mol. The maximum Gasteiger partial charge on any atom is 0.407 e. The first-order valence-corrected chi connectivity index (χ1v) is 15.6. The molecule has 0 fully saturated rings. The smallest absolute Gasteiger partial charge is 0.407 e. The van der Waals surface area contributed by atoms with E-state index in [0.29, 0.717) is 18.6 Å². The van der Waals surface area contributed by atoms with E-state index in [1.807, 2.05) is 30.3 Å². The van der Waals surface area contributed by atoms with Crippen molar-refractivity contribution in [1.82, 2.24) is 9.62 Å². The topological polar surface area (TPSA) is 114 Å². The third-order valence-electron chi connectivity index (χ3n) is 6.27. The highest BCUT2D eigenvalue weighted by molar-refractivity contribution is 7.89. The summed E-state index contributed by atoms with van der Waals surface area (Å²) in [4.78, 5) is 12.7. The predicted octanol–water partition coefficient (Wildman–Crippen LogP) is 5.49. The molecule has 0 heterocycles. The second-order valence-corrected chi connectivity index (χ2v) is 12.8. The summed E-state index contributed by atoms with van der Waals surface area (Å²) in [5.74, 6) is 0.596. The van der Waals surface area contributed by atoms with Gasteiger partial charge in [0.1, 0.15) is 22.0 Å². The number of aliphatic hydroxyl groups is 1. The Bertz CT molecular complexity index is 1240. The Hall–Kier alpha value is -3.34. The molecule has 0 aliphatic carbocycles. The van der Waals surface area contributed by atoms with Crippen molar-refractivity contribution < 1.29 is 32.5 Å². The molecule has 0 saturated heterocycles. The molecular formula is C32H46N2O7S. The molecule has 0 radical (unpaired) electrons. The van der Waals surface area contributed by atoms with E-state index in [1.54, 1.807) is 39.0 Å². The van der Waals surface area contributed by atoms with E-state index in [9.17, 15) is 18.3 Å². The summed E-state index contributed by atoms with van der Waals surface area (Å²) in [6.07, 6.45) is 4.30. The van der Waals surface area contributed by atoms with Crippen LogP contribution in [0.3, 0.4) is 0 Å². The van der Waals surface area contributed by atoms with Gasteiger partial charge in [-0.05, 0) is 70.6 Å². The number of hydrogen-bond acceptors (Lipinski definition) is 7. The zero-order chi connectivity index (χ0) is 31.2. The number of nitrogens with one attached hydrogen (secondary N) is 1. The lowest BCUT2D eigenvalue weighted by molar-refractivity contribution is 0.0402. The molecule has 2 N–H and O–H groups in total. The van der Waals surface area contributed by atoms with Gasteiger partial charge in [-0.15, -0.1) is 13.2 Å². The number of rotatable bonds is 18. The van der Waals surface area contributed by atoms with Crippen LogP contribution in [0.25, 0.3) is 0 Å². The van der Waals surface area contributed by atoms with Crippen molar-refractivity contribution in [2.45, 2.75) is 75.5 Å². The highest BCUT2D eigenvalue weighted by Crippen LogP contribution is 2.32. The molecule has 9 nitrogen and oxygen atoms in total. The van der Waals surface area contributed by atoms with Gasteiger partial charge in [-0.2, -0.15) is 4.31 Å². The molecule has 0 saturated carbocycles. The monoisotopic (exact) mass is 602 g/mol. The molecule has 0 unspecified atom stereocenters. The first-order valence-electron chi connectivity index (χ1n) is 14.2. The molecule has 0 aliphatic rings. The number of alkyl carbamates (subject to hydrolysis) is 1. The molecule has 0 spiro atoms. The number of benzene rings is 2. The minimum atomic E-state index is -4.14. The van der Waals surface area contributed by atoms with Gasteiger partial charge in [0.25, 0.3) is 0 Å². The van der Waals surface area contributed by atoms with Crippen molar-refractivity contribution in [2.24, 2.45) is 0 Å². The summed E-state index contributed by atoms with van der Waals surface area (Å²) in [6.45, 7) is 12.8. The molecule has 2 aromatic rings. The summed E-state index contributed by atoms with van der Waals surface area (Å²) < 4.78 is 46.0. The standard InChI is InChI=1S/C32H46N2O7S/c1-7-9-11-15-20-34(42(37,38)30-19-18-26(39-6)23-29(30)40-21-10-8-2)24-28(35)27(22-25-16-13-12-14-17-25)33-31(36)41-32(3,4)5/h7-8,12-14,16-19,23,27-28,35H,1-2,9-11,15,20-22,24H2,3-6H3,(H,33,36)/t27-,28+/m0/s1. The highest BCUT2D eigenvalue weighted by Gasteiger charge is 2.33. The highest BCUT2D eigenvalue weighted by atomic mass is 32.2. The van der Waals surface area contributed by atoms with Gasteiger partial charge in [-0.3, -0.25) is 0 Å². The van der Waals surface area contributed by atoms with Gasteiger partial charge in [0.15, 0.2) is 0 Å². The first kappa shape index (κ1) is 34.9. The van der Waals surface area contributed by atoms with Crippen molar-refractivity contribution in [2.75, 3.05) is 26.8 Å². The summed E-state index contributed by atoms with van der Waals surface area (Å²) in [7, 11) is -2.65. The third kappa shape index (κ3) is 11.5. The largest absolute Gasteiger partial charge is 0.497 e. The van der Waals surface area contributed by atoms with Crippen LogP contribution in [-0.4, -0.2) is 68.5 Å². The van der Waals surface area contributed by atoms with Crippen LogP contribution in [0.1, 0.15) is 52.0 Å². The number of carbonyl (C=O) groups is 1. The number of ether oxygens (including phenoxy) is 3. The number of sulfonamides is 1. The Morgan fingerprint density at radius 3 is 2.38 bits per heavy atom. The van der Waals surface area contributed by atoms with E-state index in [1.165, 1.54) is 23.5 Å². The fraction of sp³-hybridized carbons (Fsp3) is 0.469. The number of unbranched alkanes of at least 4 members (excludes halogenated alkanes) is 2. The van der Waals surface area contributed by atoms with E-state index in [2.05, 4.69) is 18.5 Å². The van der Waals surface area contributed by atoms with Gasteiger partial charge >= 0.3 is 6.09 Å². The van der Waals surface area contributed by atoms with Gasteiger partial charge in [0.05, 0.1) is 25.9 Å². The number of amides is 1. The van der Waals surface area contributed by atoms with E-state index in [4.69, 9.17) is 14.2 Å². The van der Waals surface area contributed by atoms with Crippen molar-refractivity contribution >= 4 is 16.1 Å². The van der Waals surface area contributed by atoms with Crippen molar-refractivity contribution in [1.29, 1.82) is 0 Å². The van der Waals surface area contributed by atoms with Crippen molar-refractivity contribution in [3.8, 4) is 11.5 Å². The number of methoxy groups -OCH3 is 1. The summed E-state index contributed by atoms with van der Waals surface area (Å²) in [5.41, 5.74) is 0.120. The van der Waals surface area contributed by atoms with Gasteiger partial charge < -0.3 is 24.6 Å². The van der Waals surface area contributed by atoms with Crippen LogP contribution in [0, 0.1) is 0 Å². The molecule has 1 amide bonds. The second-order valence-electron chi connectivity index (χ2n) is 10.9. The fourth-order valence-electron chi connectivity index (χ4n) is 4.17. The molecule has 2 atom stereocenters. The van der Waals surface area contributed by atoms with Crippen molar-refractivity contribution in [3.05, 3.63) is 79.4 Å². The second kappa shape index (κ2) is 16.9. The molecule has 42 heavy (non-hydrogen) atoms. The molecule has 0 bridgehead atoms. The molecule has 10 heteroatoms. The van der Waals surface area contributed by atoms with Crippen LogP contribution in [0.4, 0.5) is 4.79 Å². The number of carbonyl (C=O) groups excluding carboxylic acids is 1. The van der Waals surface area contributed by atoms with Gasteiger partial charge in [0.2, 0.25) is 10.0 Å². The van der Waals surface area contributed by atoms with Gasteiger partial charge in [0, 0.05) is 19.2 Å². The Kier molecular flexibility index (Phi) is 14.1. The average Bonchev–Trinajstić information content (AvgIpc) is 2.93. The summed E-state index contributed by atoms with van der Waals surface area (Å²) in [6, 6.07) is 13.1. The zero-order valence-corrected chi connectivity index (χ0v) is 26.1. The van der Waals surface area contributed by atoms with E-state index < -0.39 is 33.9 Å². The molecule has 0 aliphatic heterocycles.